The third-order valence-corrected chi connectivity index (χ3v) is 6.75. The zero-order valence-corrected chi connectivity index (χ0v) is 20.7. The van der Waals surface area contributed by atoms with Gasteiger partial charge in [-0.15, -0.1) is 0 Å². The Morgan fingerprint density at radius 2 is 1.92 bits per heavy atom. The Labute approximate surface area is 216 Å². The van der Waals surface area contributed by atoms with Crippen molar-refractivity contribution in [1.82, 2.24) is 15.5 Å². The molecule has 1 aliphatic heterocycles. The van der Waals surface area contributed by atoms with Gasteiger partial charge in [-0.1, -0.05) is 35.9 Å². The van der Waals surface area contributed by atoms with Crippen molar-refractivity contribution in [2.24, 2.45) is 0 Å². The summed E-state index contributed by atoms with van der Waals surface area (Å²) in [6, 6.07) is 7.99. The van der Waals surface area contributed by atoms with Crippen LogP contribution in [0.3, 0.4) is 0 Å². The second-order valence-electron chi connectivity index (χ2n) is 8.97. The van der Waals surface area contributed by atoms with Gasteiger partial charge in [-0.3, -0.25) is 19.4 Å². The van der Waals surface area contributed by atoms with Crippen LogP contribution >= 0.6 is 11.6 Å². The van der Waals surface area contributed by atoms with E-state index in [4.69, 9.17) is 16.3 Å². The van der Waals surface area contributed by atoms with Crippen LogP contribution in [-0.2, 0) is 14.3 Å². The summed E-state index contributed by atoms with van der Waals surface area (Å²) in [5.41, 5.74) is 0.234. The van der Waals surface area contributed by atoms with E-state index in [1.165, 1.54) is 42.3 Å². The first-order valence-electron chi connectivity index (χ1n) is 11.7. The monoisotopic (exact) mass is 538 g/mol. The number of amides is 3. The van der Waals surface area contributed by atoms with Gasteiger partial charge >= 0.3 is 6.09 Å². The lowest BCUT2D eigenvalue weighted by molar-refractivity contribution is -0.133. The molecule has 2 N–H and O–H groups in total. The van der Waals surface area contributed by atoms with Gasteiger partial charge in [-0.25, -0.2) is 18.0 Å². The second-order valence-corrected chi connectivity index (χ2v) is 9.37. The zero-order valence-electron chi connectivity index (χ0n) is 19.9. The van der Waals surface area contributed by atoms with Crippen LogP contribution in [0.15, 0.2) is 48.5 Å². The van der Waals surface area contributed by atoms with Crippen LogP contribution in [0, 0.1) is 5.82 Å². The topological polar surface area (TPSA) is 91.0 Å². The fourth-order valence-electron chi connectivity index (χ4n) is 4.59. The average molecular weight is 539 g/mol. The predicted octanol–water partition coefficient (Wildman–Crippen LogP) is 3.51. The van der Waals surface area contributed by atoms with Gasteiger partial charge in [-0.05, 0) is 24.3 Å². The number of methoxy groups -OCH3 is 1. The van der Waals surface area contributed by atoms with Crippen LogP contribution in [0.25, 0.3) is 0 Å². The first-order chi connectivity index (χ1) is 17.6. The van der Waals surface area contributed by atoms with E-state index in [2.05, 4.69) is 10.6 Å². The van der Waals surface area contributed by atoms with E-state index in [0.29, 0.717) is 6.54 Å². The lowest BCUT2D eigenvalue weighted by Crippen LogP contribution is -2.62. The minimum Gasteiger partial charge on any atom is -0.453 e. The van der Waals surface area contributed by atoms with Crippen LogP contribution < -0.4 is 15.5 Å². The number of alkyl halides is 2. The highest BCUT2D eigenvalue weighted by Crippen LogP contribution is 2.39. The Bertz CT molecular complexity index is 1180. The highest BCUT2D eigenvalue weighted by atomic mass is 35.5. The van der Waals surface area contributed by atoms with Crippen molar-refractivity contribution in [2.75, 3.05) is 31.6 Å². The van der Waals surface area contributed by atoms with Gasteiger partial charge in [0.1, 0.15) is 17.9 Å². The molecular formula is C25H26ClF3N4O4. The maximum absolute atomic E-state index is 14.4. The van der Waals surface area contributed by atoms with Crippen LogP contribution in [-0.4, -0.2) is 67.6 Å². The molecule has 2 aromatic rings. The molecule has 8 nitrogen and oxygen atoms in total. The Hall–Kier alpha value is -3.31. The Morgan fingerprint density at radius 1 is 1.19 bits per heavy atom. The normalized spacial score (nSPS) is 19.9. The number of benzene rings is 2. The molecule has 2 aliphatic rings. The fourth-order valence-corrected chi connectivity index (χ4v) is 4.83. The molecule has 0 bridgehead atoms. The molecule has 1 aliphatic carbocycles. The highest BCUT2D eigenvalue weighted by molar-refractivity contribution is 6.31. The first-order valence-corrected chi connectivity index (χ1v) is 12.1. The minimum absolute atomic E-state index is 0.0272. The van der Waals surface area contributed by atoms with E-state index < -0.39 is 60.6 Å². The predicted molar refractivity (Wildman–Crippen MR) is 130 cm³/mol. The molecule has 0 unspecified atom stereocenters. The van der Waals surface area contributed by atoms with Gasteiger partial charge < -0.3 is 15.4 Å². The largest absolute Gasteiger partial charge is 0.453 e. The molecule has 1 saturated carbocycles. The summed E-state index contributed by atoms with van der Waals surface area (Å²) in [4.78, 5) is 42.5. The summed E-state index contributed by atoms with van der Waals surface area (Å²) < 4.78 is 46.2. The number of halogens is 4. The minimum atomic E-state index is -2.88. The molecule has 0 spiro atoms. The van der Waals surface area contributed by atoms with Crippen molar-refractivity contribution in [3.8, 4) is 0 Å². The second kappa shape index (κ2) is 11.0. The summed E-state index contributed by atoms with van der Waals surface area (Å²) >= 11 is 6.44. The molecule has 4 rings (SSSR count). The third kappa shape index (κ3) is 5.83. The molecule has 1 heterocycles. The quantitative estimate of drug-likeness (QED) is 0.587. The molecule has 0 radical (unpaired) electrons. The van der Waals surface area contributed by atoms with E-state index in [9.17, 15) is 27.6 Å². The van der Waals surface area contributed by atoms with Gasteiger partial charge in [-0.2, -0.15) is 0 Å². The van der Waals surface area contributed by atoms with Crippen LogP contribution in [0.4, 0.5) is 23.7 Å². The number of carbonyl (C=O) groups excluding carboxylic acids is 3. The molecule has 2 fully saturated rings. The lowest BCUT2D eigenvalue weighted by Gasteiger charge is -2.41. The van der Waals surface area contributed by atoms with Crippen molar-refractivity contribution in [1.29, 1.82) is 0 Å². The molecule has 198 valence electrons. The molecule has 3 amide bonds. The first kappa shape index (κ1) is 26.7. The molecule has 1 saturated heterocycles. The van der Waals surface area contributed by atoms with E-state index >= 15 is 0 Å². The van der Waals surface area contributed by atoms with Crippen LogP contribution in [0.5, 0.6) is 0 Å². The zero-order chi connectivity index (χ0) is 26.7. The Kier molecular flexibility index (Phi) is 7.93. The van der Waals surface area contributed by atoms with Gasteiger partial charge in [0, 0.05) is 54.8 Å². The maximum atomic E-state index is 14.4. The number of ether oxygens (including phenoxy) is 1. The van der Waals surface area contributed by atoms with Crippen molar-refractivity contribution in [3.63, 3.8) is 0 Å². The standard InChI is InChI=1S/C25H26ClF3N4O4/c1-37-24(36)32-10-9-30-14-20(32)23(35)33(17-6-4-5-15(27)11-17)21(18-7-2-3-8-19(18)26)22(34)31-16-12-25(28,29)13-16/h2-8,11,16,20-21,30H,9-10,12-14H2,1H3,(H,31,34)/t20-,21-/m0/s1. The molecule has 2 atom stereocenters. The van der Waals surface area contributed by atoms with Crippen LogP contribution in [0.1, 0.15) is 24.4 Å². The van der Waals surface area contributed by atoms with Gasteiger partial charge in [0.05, 0.1) is 7.11 Å². The third-order valence-electron chi connectivity index (χ3n) is 6.40. The van der Waals surface area contributed by atoms with Crippen molar-refractivity contribution >= 4 is 35.2 Å². The number of nitrogens with one attached hydrogen (secondary N) is 2. The van der Waals surface area contributed by atoms with E-state index in [0.717, 1.165) is 11.0 Å². The summed E-state index contributed by atoms with van der Waals surface area (Å²) in [5.74, 6) is -5.02. The molecular weight excluding hydrogens is 513 g/mol. The summed E-state index contributed by atoms with van der Waals surface area (Å²) in [6.45, 7) is 0.606. The lowest BCUT2D eigenvalue weighted by atomic mass is 9.87. The molecule has 12 heteroatoms. The molecule has 0 aromatic heterocycles. The number of hydrogen-bond acceptors (Lipinski definition) is 5. The van der Waals surface area contributed by atoms with Crippen molar-refractivity contribution < 1.29 is 32.3 Å². The van der Waals surface area contributed by atoms with Crippen LogP contribution in [0.2, 0.25) is 5.02 Å². The number of carbonyl (C=O) groups is 3. The van der Waals surface area contributed by atoms with E-state index in [1.54, 1.807) is 12.1 Å². The summed E-state index contributed by atoms with van der Waals surface area (Å²) in [7, 11) is 1.19. The van der Waals surface area contributed by atoms with Crippen molar-refractivity contribution in [2.45, 2.75) is 36.9 Å². The molecule has 37 heavy (non-hydrogen) atoms. The Balaban J connectivity index is 1.80. The van der Waals surface area contributed by atoms with Gasteiger partial charge in [0.25, 0.3) is 11.8 Å². The van der Waals surface area contributed by atoms with E-state index in [1.807, 2.05) is 0 Å². The van der Waals surface area contributed by atoms with Crippen molar-refractivity contribution in [3.05, 3.63) is 64.9 Å². The number of piperazine rings is 1. The summed E-state index contributed by atoms with van der Waals surface area (Å²) in [6.07, 6.45) is -1.82. The highest BCUT2D eigenvalue weighted by Gasteiger charge is 2.48. The van der Waals surface area contributed by atoms with Gasteiger partial charge in [0.2, 0.25) is 5.91 Å². The SMILES string of the molecule is COC(=O)N1CCNC[C@H]1C(=O)N(c1cccc(F)c1)[C@H](C(=O)NC1CC(F)(F)C1)c1ccccc1Cl. The Morgan fingerprint density at radius 3 is 2.57 bits per heavy atom. The number of rotatable bonds is 6. The summed E-state index contributed by atoms with van der Waals surface area (Å²) in [5, 5.41) is 5.76. The average Bonchev–Trinajstić information content (AvgIpc) is 2.85. The van der Waals surface area contributed by atoms with Gasteiger partial charge in [0.15, 0.2) is 0 Å². The maximum Gasteiger partial charge on any atom is 0.410 e. The smallest absolute Gasteiger partial charge is 0.410 e. The molecule has 2 aromatic carbocycles. The fraction of sp³-hybridized carbons (Fsp3) is 0.400. The number of nitrogens with zero attached hydrogens (tertiary/aromatic N) is 2. The number of anilines is 1. The number of hydrogen-bond donors (Lipinski definition) is 2. The van der Waals surface area contributed by atoms with E-state index in [-0.39, 0.29) is 29.4 Å².